The summed E-state index contributed by atoms with van der Waals surface area (Å²) >= 11 is 0. The zero-order valence-electron chi connectivity index (χ0n) is 11.9. The molecular formula is C16H23N3O. The number of hydrogen-bond acceptors (Lipinski definition) is 2. The summed E-state index contributed by atoms with van der Waals surface area (Å²) in [5, 5.41) is 2.83. The number of carbonyl (C=O) groups is 1. The number of carbonyl (C=O) groups excluding carboxylic acids is 1. The summed E-state index contributed by atoms with van der Waals surface area (Å²) in [6.45, 7) is 2.34. The summed E-state index contributed by atoms with van der Waals surface area (Å²) in [6, 6.07) is 6.34. The van der Waals surface area contributed by atoms with Crippen LogP contribution >= 0.6 is 0 Å². The number of nitrogens with one attached hydrogen (secondary N) is 1. The summed E-state index contributed by atoms with van der Waals surface area (Å²) in [5.74, 6) is 0. The number of hydrogen-bond donors (Lipinski definition) is 2. The van der Waals surface area contributed by atoms with Crippen LogP contribution in [0.5, 0.6) is 0 Å². The van der Waals surface area contributed by atoms with Gasteiger partial charge in [-0.25, -0.2) is 4.79 Å². The summed E-state index contributed by atoms with van der Waals surface area (Å²) < 4.78 is 0. The van der Waals surface area contributed by atoms with Crippen LogP contribution in [0, 0.1) is 0 Å². The molecule has 0 saturated carbocycles. The Morgan fingerprint density at radius 2 is 1.95 bits per heavy atom. The van der Waals surface area contributed by atoms with Crippen molar-refractivity contribution in [2.45, 2.75) is 44.6 Å². The Morgan fingerprint density at radius 3 is 2.65 bits per heavy atom. The lowest BCUT2D eigenvalue weighted by Crippen LogP contribution is -2.32. The Hall–Kier alpha value is -1.71. The highest BCUT2D eigenvalue weighted by Gasteiger charge is 2.24. The molecule has 0 spiro atoms. The molecule has 0 aromatic heterocycles. The van der Waals surface area contributed by atoms with E-state index in [-0.39, 0.29) is 6.04 Å². The van der Waals surface area contributed by atoms with Gasteiger partial charge in [-0.2, -0.15) is 0 Å². The molecule has 1 aliphatic carbocycles. The molecule has 108 valence electrons. The molecule has 1 atom stereocenters. The minimum Gasteiger partial charge on any atom is -0.372 e. The van der Waals surface area contributed by atoms with Crippen LogP contribution in [0.2, 0.25) is 0 Å². The number of benzene rings is 1. The van der Waals surface area contributed by atoms with Gasteiger partial charge in [0.05, 0.1) is 6.04 Å². The van der Waals surface area contributed by atoms with Crippen molar-refractivity contribution < 1.29 is 4.79 Å². The molecule has 2 amide bonds. The van der Waals surface area contributed by atoms with E-state index in [1.165, 1.54) is 55.6 Å². The molecule has 3 rings (SSSR count). The van der Waals surface area contributed by atoms with Crippen molar-refractivity contribution in [1.29, 1.82) is 0 Å². The molecule has 1 fully saturated rings. The molecule has 3 N–H and O–H groups in total. The summed E-state index contributed by atoms with van der Waals surface area (Å²) in [5.41, 5.74) is 9.18. The summed E-state index contributed by atoms with van der Waals surface area (Å²) in [6.07, 6.45) is 7.29. The lowest BCUT2D eigenvalue weighted by Gasteiger charge is -2.23. The number of rotatable bonds is 2. The molecule has 0 radical (unpaired) electrons. The zero-order valence-corrected chi connectivity index (χ0v) is 11.9. The molecule has 1 aromatic rings. The highest BCUT2D eigenvalue weighted by Crippen LogP contribution is 2.34. The first kappa shape index (κ1) is 13.3. The van der Waals surface area contributed by atoms with E-state index in [1.807, 2.05) is 0 Å². The molecule has 1 heterocycles. The van der Waals surface area contributed by atoms with Crippen LogP contribution in [0.15, 0.2) is 18.2 Å². The van der Waals surface area contributed by atoms with Gasteiger partial charge in [-0.3, -0.25) is 0 Å². The van der Waals surface area contributed by atoms with E-state index < -0.39 is 6.03 Å². The van der Waals surface area contributed by atoms with E-state index in [9.17, 15) is 4.79 Å². The minimum absolute atomic E-state index is 0.0979. The van der Waals surface area contributed by atoms with E-state index >= 15 is 0 Å². The van der Waals surface area contributed by atoms with Gasteiger partial charge in [-0.15, -0.1) is 0 Å². The van der Waals surface area contributed by atoms with Crippen LogP contribution in [0.4, 0.5) is 10.5 Å². The zero-order chi connectivity index (χ0) is 13.9. The van der Waals surface area contributed by atoms with Gasteiger partial charge >= 0.3 is 6.03 Å². The Balaban J connectivity index is 1.78. The molecule has 4 nitrogen and oxygen atoms in total. The average Bonchev–Trinajstić information content (AvgIpc) is 2.65. The van der Waals surface area contributed by atoms with Crippen LogP contribution < -0.4 is 16.0 Å². The Labute approximate surface area is 120 Å². The van der Waals surface area contributed by atoms with Gasteiger partial charge in [0.2, 0.25) is 0 Å². The van der Waals surface area contributed by atoms with Crippen molar-refractivity contribution in [3.05, 3.63) is 29.3 Å². The molecular weight excluding hydrogens is 250 g/mol. The van der Waals surface area contributed by atoms with Crippen molar-refractivity contribution in [3.8, 4) is 0 Å². The third-order valence-electron chi connectivity index (χ3n) is 4.49. The number of urea groups is 1. The molecule has 0 bridgehead atoms. The smallest absolute Gasteiger partial charge is 0.312 e. The van der Waals surface area contributed by atoms with E-state index in [2.05, 4.69) is 28.4 Å². The average molecular weight is 273 g/mol. The third-order valence-corrected chi connectivity index (χ3v) is 4.49. The predicted octanol–water partition coefficient (Wildman–Crippen LogP) is 2.72. The monoisotopic (exact) mass is 273 g/mol. The van der Waals surface area contributed by atoms with Crippen molar-refractivity contribution in [1.82, 2.24) is 5.32 Å². The molecule has 2 aliphatic rings. The van der Waals surface area contributed by atoms with Gasteiger partial charge in [0.1, 0.15) is 0 Å². The second kappa shape index (κ2) is 5.73. The number of amides is 2. The first-order valence-corrected chi connectivity index (χ1v) is 7.68. The van der Waals surface area contributed by atoms with Crippen LogP contribution in [0.25, 0.3) is 0 Å². The minimum atomic E-state index is -0.431. The summed E-state index contributed by atoms with van der Waals surface area (Å²) in [7, 11) is 0. The second-order valence-electron chi connectivity index (χ2n) is 5.88. The quantitative estimate of drug-likeness (QED) is 0.870. The maximum atomic E-state index is 11.0. The molecule has 1 saturated heterocycles. The topological polar surface area (TPSA) is 58.4 Å². The van der Waals surface area contributed by atoms with Crippen molar-refractivity contribution in [2.75, 3.05) is 18.0 Å². The number of aryl methyl sites for hydroxylation is 1. The van der Waals surface area contributed by atoms with Crippen LogP contribution in [0.3, 0.4) is 0 Å². The molecule has 1 unspecified atom stereocenters. The Kier molecular flexibility index (Phi) is 3.81. The maximum absolute atomic E-state index is 11.0. The van der Waals surface area contributed by atoms with Crippen molar-refractivity contribution in [2.24, 2.45) is 5.73 Å². The molecule has 1 aliphatic heterocycles. The first-order chi connectivity index (χ1) is 9.74. The van der Waals surface area contributed by atoms with Gasteiger partial charge < -0.3 is 16.0 Å². The highest BCUT2D eigenvalue weighted by molar-refractivity contribution is 5.72. The number of nitrogens with zero attached hydrogens (tertiary/aromatic N) is 1. The molecule has 20 heavy (non-hydrogen) atoms. The van der Waals surface area contributed by atoms with E-state index in [0.717, 1.165) is 12.8 Å². The fourth-order valence-corrected chi connectivity index (χ4v) is 3.45. The normalized spacial score (nSPS) is 22.2. The lowest BCUT2D eigenvalue weighted by molar-refractivity contribution is 0.245. The predicted molar refractivity (Wildman–Crippen MR) is 80.9 cm³/mol. The van der Waals surface area contributed by atoms with Gasteiger partial charge in [0.15, 0.2) is 0 Å². The standard InChI is InChI=1S/C16H23N3O/c17-16(20)18-15-8-5-12-11-13(6-7-14(12)15)19-9-3-1-2-4-10-19/h6-7,11,15H,1-5,8-10H2,(H3,17,18,20). The first-order valence-electron chi connectivity index (χ1n) is 7.68. The highest BCUT2D eigenvalue weighted by atomic mass is 16.2. The fraction of sp³-hybridized carbons (Fsp3) is 0.562. The van der Waals surface area contributed by atoms with E-state index in [0.29, 0.717) is 0 Å². The second-order valence-corrected chi connectivity index (χ2v) is 5.88. The van der Waals surface area contributed by atoms with E-state index in [1.54, 1.807) is 0 Å². The number of primary amides is 1. The Morgan fingerprint density at radius 1 is 1.20 bits per heavy atom. The summed E-state index contributed by atoms with van der Waals surface area (Å²) in [4.78, 5) is 13.5. The SMILES string of the molecule is NC(=O)NC1CCc2cc(N3CCCCCC3)ccc21. The van der Waals surface area contributed by atoms with Crippen LogP contribution in [-0.2, 0) is 6.42 Å². The largest absolute Gasteiger partial charge is 0.372 e. The molecule has 4 heteroatoms. The van der Waals surface area contributed by atoms with Gasteiger partial charge in [0.25, 0.3) is 0 Å². The Bertz CT molecular complexity index is 492. The number of nitrogens with two attached hydrogens (primary N) is 1. The van der Waals surface area contributed by atoms with Crippen molar-refractivity contribution in [3.63, 3.8) is 0 Å². The molecule has 1 aromatic carbocycles. The van der Waals surface area contributed by atoms with Gasteiger partial charge in [0, 0.05) is 18.8 Å². The third kappa shape index (κ3) is 2.74. The van der Waals surface area contributed by atoms with Crippen LogP contribution in [-0.4, -0.2) is 19.1 Å². The van der Waals surface area contributed by atoms with E-state index in [4.69, 9.17) is 5.73 Å². The van der Waals surface area contributed by atoms with Crippen molar-refractivity contribution >= 4 is 11.7 Å². The lowest BCUT2D eigenvalue weighted by atomic mass is 10.1. The number of fused-ring (bicyclic) bond motifs is 1. The number of anilines is 1. The van der Waals surface area contributed by atoms with Crippen LogP contribution in [0.1, 0.15) is 49.3 Å². The van der Waals surface area contributed by atoms with Gasteiger partial charge in [-0.1, -0.05) is 18.9 Å². The van der Waals surface area contributed by atoms with Gasteiger partial charge in [-0.05, 0) is 48.9 Å². The fourth-order valence-electron chi connectivity index (χ4n) is 3.45. The maximum Gasteiger partial charge on any atom is 0.312 e.